The maximum absolute atomic E-state index is 8.12. The van der Waals surface area contributed by atoms with E-state index in [-0.39, 0.29) is 24.3 Å². The molecule has 2 unspecified atom stereocenters. The van der Waals surface area contributed by atoms with Gasteiger partial charge in [-0.15, -0.1) is 0 Å². The van der Waals surface area contributed by atoms with Crippen molar-refractivity contribution in [1.82, 2.24) is 97.4 Å². The Labute approximate surface area is 756 Å². The summed E-state index contributed by atoms with van der Waals surface area (Å²) in [6.45, 7) is 6.62. The van der Waals surface area contributed by atoms with Gasteiger partial charge in [0.15, 0.2) is 33.9 Å². The van der Waals surface area contributed by atoms with E-state index in [1.807, 2.05) is 93.4 Å². The van der Waals surface area contributed by atoms with Crippen molar-refractivity contribution in [2.45, 2.75) is 197 Å². The molecule has 0 spiro atoms. The normalized spacial score (nSPS) is 18.2. The highest BCUT2D eigenvalue weighted by Gasteiger charge is 2.31. The van der Waals surface area contributed by atoms with Crippen molar-refractivity contribution < 1.29 is 14.3 Å². The van der Waals surface area contributed by atoms with Crippen LogP contribution >= 0.6 is 63.7 Å². The number of aromatic nitrogens is 20. The molecular formula is C89H105Br4N29O3. The maximum atomic E-state index is 8.12. The van der Waals surface area contributed by atoms with E-state index in [2.05, 4.69) is 158 Å². The Morgan fingerprint density at radius 1 is 0.440 bits per heavy atom. The molecule has 21 rings (SSSR count). The fraction of sp³-hybridized carbons (Fsp3) is 0.393. The summed E-state index contributed by atoms with van der Waals surface area (Å²) in [6.07, 6.45) is 45.1. The molecule has 13 aromatic heterocycles. The molecule has 15 aromatic rings. The van der Waals surface area contributed by atoms with Crippen LogP contribution in [0.15, 0.2) is 152 Å². The van der Waals surface area contributed by atoms with Crippen molar-refractivity contribution in [2.24, 2.45) is 18.5 Å². The topological polar surface area (TPSA) is 454 Å². The Bertz CT molecular complexity index is 6320. The number of nitrogens with two attached hydrogens (primary N) is 8. The molecule has 2 aromatic carbocycles. The lowest BCUT2D eigenvalue weighted by molar-refractivity contribution is -0.191. The van der Waals surface area contributed by atoms with Gasteiger partial charge < -0.3 is 55.5 Å². The smallest absolute Gasteiger partial charge is 0.373 e. The molecule has 652 valence electrons. The largest absolute Gasteiger partial charge is 0.384 e. The Balaban J connectivity index is 0.000000116. The van der Waals surface area contributed by atoms with E-state index in [1.165, 1.54) is 102 Å². The van der Waals surface area contributed by atoms with E-state index in [0.717, 1.165) is 190 Å². The fourth-order valence-corrected chi connectivity index (χ4v) is 19.4. The number of nitrogens with zero attached hydrogens (tertiary/aromatic N) is 21. The van der Waals surface area contributed by atoms with Crippen molar-refractivity contribution in [3.8, 4) is 33.4 Å². The molecule has 15 heterocycles. The van der Waals surface area contributed by atoms with Gasteiger partial charge in [-0.25, -0.2) is 29.9 Å². The second-order valence-electron chi connectivity index (χ2n) is 32.8. The number of halogens is 4. The summed E-state index contributed by atoms with van der Waals surface area (Å²) in [4.78, 5) is 47.1. The Morgan fingerprint density at radius 2 is 0.912 bits per heavy atom. The van der Waals surface area contributed by atoms with Crippen molar-refractivity contribution in [2.75, 3.05) is 59.0 Å². The Morgan fingerprint density at radius 3 is 1.44 bits per heavy atom. The van der Waals surface area contributed by atoms with Gasteiger partial charge >= 0.3 is 6.15 Å². The number of allylic oxidation sites excluding steroid dienone is 1. The van der Waals surface area contributed by atoms with E-state index in [0.29, 0.717) is 58.6 Å². The van der Waals surface area contributed by atoms with Crippen molar-refractivity contribution in [3.05, 3.63) is 192 Å². The van der Waals surface area contributed by atoms with Gasteiger partial charge in [0.05, 0.1) is 72.7 Å². The fourth-order valence-electron chi connectivity index (χ4n) is 17.6. The number of aryl methyl sites for hydroxylation is 2. The molecule has 16 N–H and O–H groups in total. The number of fused-ring (bicyclic) bond motifs is 6. The average molecular weight is 1950 g/mol. The molecule has 0 amide bonds. The molecule has 0 bridgehead atoms. The number of rotatable bonds is 10. The summed E-state index contributed by atoms with van der Waals surface area (Å²) in [5.41, 5.74) is 67.3. The van der Waals surface area contributed by atoms with E-state index in [4.69, 9.17) is 80.1 Å². The van der Waals surface area contributed by atoms with Crippen LogP contribution in [0, 0.1) is 6.92 Å². The minimum absolute atomic E-state index is 0.0259. The summed E-state index contributed by atoms with van der Waals surface area (Å²) >= 11 is 13.9. The minimum atomic E-state index is -0.0259. The molecular weight excluding hydrogens is 1840 g/mol. The average Bonchev–Trinajstić information content (AvgIpc) is 1.64. The van der Waals surface area contributed by atoms with E-state index < -0.39 is 0 Å². The zero-order valence-electron chi connectivity index (χ0n) is 70.2. The summed E-state index contributed by atoms with van der Waals surface area (Å²) < 4.78 is 21.1. The number of hydrogen-bond acceptors (Lipinski definition) is 25. The lowest BCUT2D eigenvalue weighted by Crippen LogP contribution is -2.27. The summed E-state index contributed by atoms with van der Waals surface area (Å²) in [5.74, 6) is 6.62. The molecule has 4 saturated carbocycles. The Hall–Kier alpha value is -11.1. The van der Waals surface area contributed by atoms with Gasteiger partial charge in [0.25, 0.3) is 0 Å². The van der Waals surface area contributed by atoms with Gasteiger partial charge in [0, 0.05) is 138 Å². The molecule has 36 heteroatoms. The quantitative estimate of drug-likeness (QED) is 0.0630. The molecule has 4 aliphatic carbocycles. The van der Waals surface area contributed by atoms with Gasteiger partial charge in [-0.3, -0.25) is 4.68 Å². The number of anilines is 7. The summed E-state index contributed by atoms with van der Waals surface area (Å²) in [6, 6.07) is 27.1. The van der Waals surface area contributed by atoms with Crippen LogP contribution in [0.5, 0.6) is 0 Å². The second-order valence-corrected chi connectivity index (χ2v) is 36.1. The Kier molecular flexibility index (Phi) is 28.7. The summed E-state index contributed by atoms with van der Waals surface area (Å²) in [7, 11) is 1.88. The van der Waals surface area contributed by atoms with Crippen LogP contribution in [0.2, 0.25) is 0 Å². The first-order valence-electron chi connectivity index (χ1n) is 42.8. The van der Waals surface area contributed by atoms with Crippen molar-refractivity contribution in [3.63, 3.8) is 0 Å². The van der Waals surface area contributed by atoms with Crippen molar-refractivity contribution in [1.29, 1.82) is 0 Å². The first-order chi connectivity index (χ1) is 60.6. The standard InChI is InChI=1S/C19H22N4.C18H20N4.C15H17BrN6O.C15H20N4.C11H13Br2N5.C10H13BrN6.CO2/c1-13-6-5-9-15(10-13)16-12-21-23-18(20)11-17(22-19(16)23)14-7-3-2-4-8-14;19-17-11-16(14-9-5-2-6-10-14)21-18-15(12-20-22(17)18)13-7-3-1-4-8-13;1-21-8-9(6-18-21)10-7-19-22-14(17)12(16)13(20-15(10)22)11-4-2-3-5-23-11;1-2-6-12-10-17-19-14(16)9-13(18-15(12)19)11-7-4-3-5-8-11;12-7-4-16-18-10(15)8(13)9(17-11(7)18)5-1-2-6(14)3-5;11-7-4-14-17-8(13)3-9(15-10(7)17)16-2-1-6(12)5-16;2-1-3/h5-6,9-12,14H,2-4,7-8,20H2,1H3;1,3-4,7-8,11-12,14H,2,5-6,9-10,19H2;6-8,11H,2-5,17H2,1H3;2,6,9-11H,3-5,7-8,16H2,1H3;4-6H,1-3,14-15H2;3-4,6H,1-2,5,12-13H2;/b;;;6-2-;;;/t;;;;5?,6-;6-;/m....11./s1. The number of carbonyl (C=O) groups excluding carboxylic acids is 2. The highest BCUT2D eigenvalue weighted by molar-refractivity contribution is 9.11. The molecule has 6 aliphatic rings. The molecule has 6 fully saturated rings. The minimum Gasteiger partial charge on any atom is -0.384 e. The van der Waals surface area contributed by atoms with E-state index in [1.54, 1.807) is 56.6 Å². The van der Waals surface area contributed by atoms with Gasteiger partial charge in [0.1, 0.15) is 46.8 Å². The molecule has 0 radical (unpaired) electrons. The van der Waals surface area contributed by atoms with Gasteiger partial charge in [0.2, 0.25) is 0 Å². The van der Waals surface area contributed by atoms with E-state index >= 15 is 0 Å². The zero-order valence-corrected chi connectivity index (χ0v) is 76.6. The molecule has 4 atom stereocenters. The van der Waals surface area contributed by atoms with Gasteiger partial charge in [-0.1, -0.05) is 130 Å². The number of ether oxygens (including phenoxy) is 1. The van der Waals surface area contributed by atoms with Crippen LogP contribution in [0.4, 0.5) is 40.7 Å². The third-order valence-corrected chi connectivity index (χ3v) is 26.8. The van der Waals surface area contributed by atoms with Crippen LogP contribution in [-0.4, -0.2) is 135 Å². The van der Waals surface area contributed by atoms with E-state index in [9.17, 15) is 0 Å². The highest BCUT2D eigenvalue weighted by atomic mass is 79.9. The molecule has 2 aliphatic heterocycles. The predicted molar refractivity (Wildman–Crippen MR) is 502 cm³/mol. The maximum Gasteiger partial charge on any atom is 0.373 e. The summed E-state index contributed by atoms with van der Waals surface area (Å²) in [5, 5.41) is 30.1. The van der Waals surface area contributed by atoms with Gasteiger partial charge in [-0.2, -0.15) is 72.4 Å². The predicted octanol–water partition coefficient (Wildman–Crippen LogP) is 16.9. The first-order valence-corrected chi connectivity index (χ1v) is 45.9. The lowest BCUT2D eigenvalue weighted by atomic mass is 9.87. The van der Waals surface area contributed by atoms with Crippen LogP contribution in [0.3, 0.4) is 0 Å². The monoisotopic (exact) mass is 1940 g/mol. The molecule has 32 nitrogen and oxygen atoms in total. The number of hydrogen-bond donors (Lipinski definition) is 8. The van der Waals surface area contributed by atoms with Crippen LogP contribution in [0.1, 0.15) is 218 Å². The highest BCUT2D eigenvalue weighted by Crippen LogP contribution is 2.43. The lowest BCUT2D eigenvalue weighted by Gasteiger charge is -2.23. The second kappa shape index (κ2) is 40.5. The van der Waals surface area contributed by atoms with Gasteiger partial charge in [-0.05, 0) is 172 Å². The number of nitrogen functional groups attached to an aromatic ring is 6. The van der Waals surface area contributed by atoms with Crippen LogP contribution in [-0.2, 0) is 21.4 Å². The third-order valence-electron chi connectivity index (χ3n) is 24.0. The molecule has 125 heavy (non-hydrogen) atoms. The van der Waals surface area contributed by atoms with Crippen LogP contribution in [0.25, 0.3) is 73.3 Å². The SMILES string of the molecule is C/C=C\c1cnn2c(N)cc(C3CCCCC3)nc12.Cc1cccc(-c2cnn3c(N)cc(C4CCCCC4)nc23)c1.Cn1cc(-c2cnn3c(N)c(Br)c(C4CCCCO4)nc23)cn1.Nc1c(Br)c(C2CC[C@@H](N)C2)nc2c(Br)cnn12.Nc1cc(C2CCCCC2)nc2c(-c3ccccc3)cnn12.Nc1cc(N2CC[C@@H](N)C2)nc2c(Br)cnn12.O=C=O. The zero-order chi connectivity index (χ0) is 87.5. The van der Waals surface area contributed by atoms with Crippen LogP contribution < -0.4 is 50.8 Å². The number of benzene rings is 2. The molecule has 2 saturated heterocycles. The van der Waals surface area contributed by atoms with Crippen molar-refractivity contribution >= 4 is 151 Å². The third kappa shape index (κ3) is 20.1. The first kappa shape index (κ1) is 88.7.